The molecule has 2 aliphatic carbocycles. The van der Waals surface area contributed by atoms with Gasteiger partial charge in [0.25, 0.3) is 0 Å². The zero-order valence-corrected chi connectivity index (χ0v) is 30.7. The van der Waals surface area contributed by atoms with Gasteiger partial charge in [0.05, 0.1) is 0 Å². The van der Waals surface area contributed by atoms with E-state index in [2.05, 4.69) is 209 Å². The van der Waals surface area contributed by atoms with E-state index in [0.29, 0.717) is 0 Å². The number of nitrogens with zero attached hydrogens (tertiary/aromatic N) is 1. The molecule has 8 aromatic rings. The van der Waals surface area contributed by atoms with E-state index >= 15 is 0 Å². The molecular weight excluding hydrogens is 639 g/mol. The topological polar surface area (TPSA) is 3.24 Å². The van der Waals surface area contributed by atoms with Gasteiger partial charge in [-0.2, -0.15) is 0 Å². The van der Waals surface area contributed by atoms with Crippen LogP contribution >= 0.6 is 0 Å². The van der Waals surface area contributed by atoms with E-state index in [4.69, 9.17) is 0 Å². The smallest absolute Gasteiger partial charge is 0.0468 e. The van der Waals surface area contributed by atoms with Crippen molar-refractivity contribution in [3.8, 4) is 44.5 Å². The maximum Gasteiger partial charge on any atom is 0.0468 e. The number of rotatable bonds is 5. The van der Waals surface area contributed by atoms with Crippen LogP contribution in [0.2, 0.25) is 0 Å². The highest BCUT2D eigenvalue weighted by Crippen LogP contribution is 2.54. The van der Waals surface area contributed by atoms with Crippen LogP contribution in [0.3, 0.4) is 0 Å². The van der Waals surface area contributed by atoms with Crippen molar-refractivity contribution < 1.29 is 0 Å². The average Bonchev–Trinajstić information content (AvgIpc) is 3.57. The zero-order valence-electron chi connectivity index (χ0n) is 30.7. The van der Waals surface area contributed by atoms with Gasteiger partial charge in [-0.25, -0.2) is 0 Å². The van der Waals surface area contributed by atoms with E-state index in [1.54, 1.807) is 0 Å². The highest BCUT2D eigenvalue weighted by Gasteiger charge is 2.38. The molecule has 8 aromatic carbocycles. The molecule has 53 heavy (non-hydrogen) atoms. The van der Waals surface area contributed by atoms with Gasteiger partial charge in [0.2, 0.25) is 0 Å². The van der Waals surface area contributed by atoms with Crippen molar-refractivity contribution in [3.05, 3.63) is 198 Å². The van der Waals surface area contributed by atoms with Gasteiger partial charge in [0.1, 0.15) is 0 Å². The lowest BCUT2D eigenvalue weighted by Crippen LogP contribution is -2.15. The molecule has 0 unspecified atom stereocenters. The Balaban J connectivity index is 1.03. The van der Waals surface area contributed by atoms with Gasteiger partial charge in [-0.15, -0.1) is 0 Å². The van der Waals surface area contributed by atoms with Gasteiger partial charge in [-0.1, -0.05) is 161 Å². The number of hydrogen-bond acceptors (Lipinski definition) is 1. The summed E-state index contributed by atoms with van der Waals surface area (Å²) in [6.45, 7) is 9.41. The van der Waals surface area contributed by atoms with Crippen molar-refractivity contribution >= 4 is 27.8 Å². The van der Waals surface area contributed by atoms with Gasteiger partial charge in [0.15, 0.2) is 0 Å². The van der Waals surface area contributed by atoms with Crippen LogP contribution in [-0.4, -0.2) is 0 Å². The number of fused-ring (bicyclic) bond motifs is 7. The van der Waals surface area contributed by atoms with Gasteiger partial charge in [-0.3, -0.25) is 0 Å². The van der Waals surface area contributed by atoms with Crippen molar-refractivity contribution in [1.29, 1.82) is 0 Å². The van der Waals surface area contributed by atoms with Crippen molar-refractivity contribution in [2.24, 2.45) is 0 Å². The Labute approximate surface area is 312 Å². The molecule has 0 saturated carbocycles. The molecule has 0 atom stereocenters. The minimum atomic E-state index is -0.0547. The van der Waals surface area contributed by atoms with E-state index in [0.717, 1.165) is 17.1 Å². The number of para-hydroxylation sites is 1. The second kappa shape index (κ2) is 11.7. The standard InChI is InChI=1S/C52H41N/c1-51(2)45-20-12-10-18-42(45)44-33-40(30-31-47(44)51)53(38-15-6-5-7-16-38)39-28-26-35(27-29-39)34-22-24-36(25-23-34)49-41-17-9-8-14-37(41)32-48-50(49)43-19-11-13-21-46(43)52(48,3)4/h5-33H,1-4H3. The van der Waals surface area contributed by atoms with Crippen LogP contribution in [0.25, 0.3) is 55.3 Å². The number of benzene rings is 8. The molecule has 0 spiro atoms. The summed E-state index contributed by atoms with van der Waals surface area (Å²) in [4.78, 5) is 2.38. The van der Waals surface area contributed by atoms with Crippen LogP contribution in [-0.2, 0) is 10.8 Å². The monoisotopic (exact) mass is 679 g/mol. The molecule has 0 amide bonds. The fourth-order valence-electron chi connectivity index (χ4n) is 9.32. The summed E-state index contributed by atoms with van der Waals surface area (Å²) in [5, 5.41) is 2.59. The second-order valence-electron chi connectivity index (χ2n) is 15.8. The molecule has 254 valence electrons. The fourth-order valence-corrected chi connectivity index (χ4v) is 9.32. The second-order valence-corrected chi connectivity index (χ2v) is 15.8. The minimum Gasteiger partial charge on any atom is -0.310 e. The Bertz CT molecular complexity index is 2700. The lowest BCUT2D eigenvalue weighted by atomic mass is 9.80. The largest absolute Gasteiger partial charge is 0.310 e. The molecule has 0 bridgehead atoms. The average molecular weight is 680 g/mol. The maximum atomic E-state index is 2.42. The highest BCUT2D eigenvalue weighted by atomic mass is 15.1. The third-order valence-electron chi connectivity index (χ3n) is 12.1. The predicted molar refractivity (Wildman–Crippen MR) is 225 cm³/mol. The van der Waals surface area contributed by atoms with Crippen molar-refractivity contribution in [3.63, 3.8) is 0 Å². The normalized spacial score (nSPS) is 14.3. The van der Waals surface area contributed by atoms with Gasteiger partial charge >= 0.3 is 0 Å². The molecule has 0 heterocycles. The van der Waals surface area contributed by atoms with Gasteiger partial charge < -0.3 is 4.90 Å². The number of anilines is 3. The first-order chi connectivity index (χ1) is 25.8. The lowest BCUT2D eigenvalue weighted by Gasteiger charge is -2.27. The first-order valence-corrected chi connectivity index (χ1v) is 18.8. The molecule has 1 nitrogen and oxygen atoms in total. The van der Waals surface area contributed by atoms with E-state index in [1.165, 1.54) is 77.5 Å². The first kappa shape index (κ1) is 31.5. The Hall–Kier alpha value is -6.18. The highest BCUT2D eigenvalue weighted by molar-refractivity contribution is 6.08. The van der Waals surface area contributed by atoms with Crippen molar-refractivity contribution in [2.45, 2.75) is 38.5 Å². The summed E-state index contributed by atoms with van der Waals surface area (Å²) in [5.74, 6) is 0. The van der Waals surface area contributed by atoms with Crippen LogP contribution in [0.5, 0.6) is 0 Å². The Morgan fingerprint density at radius 3 is 1.58 bits per heavy atom. The van der Waals surface area contributed by atoms with E-state index in [1.807, 2.05) is 0 Å². The maximum absolute atomic E-state index is 2.42. The fraction of sp³-hybridized carbons (Fsp3) is 0.115. The lowest BCUT2D eigenvalue weighted by molar-refractivity contribution is 0.660. The summed E-state index contributed by atoms with van der Waals surface area (Å²) in [5.41, 5.74) is 19.3. The molecule has 0 aliphatic heterocycles. The quantitative estimate of drug-likeness (QED) is 0.175. The van der Waals surface area contributed by atoms with Crippen molar-refractivity contribution in [2.75, 3.05) is 4.90 Å². The first-order valence-electron chi connectivity index (χ1n) is 18.8. The third-order valence-corrected chi connectivity index (χ3v) is 12.1. The number of hydrogen-bond donors (Lipinski definition) is 0. The molecule has 0 N–H and O–H groups in total. The zero-order chi connectivity index (χ0) is 35.9. The van der Waals surface area contributed by atoms with E-state index in [-0.39, 0.29) is 10.8 Å². The molecule has 2 aliphatic rings. The van der Waals surface area contributed by atoms with Gasteiger partial charge in [-0.05, 0) is 120 Å². The molecule has 1 heteroatoms. The summed E-state index contributed by atoms with van der Waals surface area (Å²) >= 11 is 0. The van der Waals surface area contributed by atoms with Crippen LogP contribution in [0.15, 0.2) is 176 Å². The summed E-state index contributed by atoms with van der Waals surface area (Å²) in [7, 11) is 0. The van der Waals surface area contributed by atoms with Crippen LogP contribution in [0.1, 0.15) is 49.9 Å². The van der Waals surface area contributed by atoms with Crippen LogP contribution in [0, 0.1) is 0 Å². The predicted octanol–water partition coefficient (Wildman–Crippen LogP) is 14.3. The molecule has 10 rings (SSSR count). The van der Waals surface area contributed by atoms with E-state index in [9.17, 15) is 0 Å². The summed E-state index contributed by atoms with van der Waals surface area (Å²) in [6, 6.07) is 65.1. The Kier molecular flexibility index (Phi) is 6.94. The minimum absolute atomic E-state index is 0.0199. The molecule has 0 aromatic heterocycles. The molecular formula is C52H41N. The molecule has 0 radical (unpaired) electrons. The third kappa shape index (κ3) is 4.77. The molecule has 0 fully saturated rings. The Morgan fingerprint density at radius 2 is 0.849 bits per heavy atom. The summed E-state index contributed by atoms with van der Waals surface area (Å²) < 4.78 is 0. The molecule has 0 saturated heterocycles. The summed E-state index contributed by atoms with van der Waals surface area (Å²) in [6.07, 6.45) is 0. The Morgan fingerprint density at radius 1 is 0.340 bits per heavy atom. The SMILES string of the molecule is CC1(C)c2ccccc2-c2cc(N(c3ccccc3)c3ccc(-c4ccc(-c5c6c(cc7ccccc57)C(C)(C)c5ccccc5-6)cc4)cc3)ccc21. The van der Waals surface area contributed by atoms with Crippen molar-refractivity contribution in [1.82, 2.24) is 0 Å². The van der Waals surface area contributed by atoms with Crippen LogP contribution < -0.4 is 4.90 Å². The van der Waals surface area contributed by atoms with Gasteiger partial charge in [0, 0.05) is 27.9 Å². The van der Waals surface area contributed by atoms with Crippen LogP contribution in [0.4, 0.5) is 17.1 Å². The van der Waals surface area contributed by atoms with E-state index < -0.39 is 0 Å².